The van der Waals surface area contributed by atoms with E-state index in [9.17, 15) is 4.79 Å². The summed E-state index contributed by atoms with van der Waals surface area (Å²) in [5.41, 5.74) is 3.48. The van der Waals surface area contributed by atoms with E-state index in [4.69, 9.17) is 4.74 Å². The number of benzene rings is 2. The molecule has 3 aromatic rings. The molecule has 1 amide bonds. The SMILES string of the molecule is CCOCc1ccccc1NC(=O)c1ccc(SCc2csc(C)n2)cc1. The Bertz CT molecular complexity index is 891. The van der Waals surface area contributed by atoms with E-state index in [2.05, 4.69) is 15.7 Å². The lowest BCUT2D eigenvalue weighted by atomic mass is 10.1. The maximum absolute atomic E-state index is 12.6. The minimum absolute atomic E-state index is 0.120. The molecule has 6 heteroatoms. The Morgan fingerprint density at radius 3 is 2.67 bits per heavy atom. The standard InChI is InChI=1S/C21H22N2O2S2/c1-3-25-12-17-6-4-5-7-20(17)23-21(24)16-8-10-19(11-9-16)27-14-18-13-26-15(2)22-18/h4-11,13H,3,12,14H2,1-2H3,(H,23,24). The van der Waals surface area contributed by atoms with E-state index in [1.165, 1.54) is 0 Å². The fraction of sp³-hybridized carbons (Fsp3) is 0.238. The van der Waals surface area contributed by atoms with E-state index in [1.54, 1.807) is 23.1 Å². The van der Waals surface area contributed by atoms with Crippen LogP contribution in [0.25, 0.3) is 0 Å². The number of nitrogens with zero attached hydrogens (tertiary/aromatic N) is 1. The number of amides is 1. The number of aromatic nitrogens is 1. The summed E-state index contributed by atoms with van der Waals surface area (Å²) in [6, 6.07) is 15.4. The highest BCUT2D eigenvalue weighted by molar-refractivity contribution is 7.98. The molecule has 0 aliphatic carbocycles. The van der Waals surface area contributed by atoms with Crippen molar-refractivity contribution >= 4 is 34.7 Å². The molecule has 0 unspecified atom stereocenters. The highest BCUT2D eigenvalue weighted by Gasteiger charge is 2.09. The van der Waals surface area contributed by atoms with E-state index in [1.807, 2.05) is 62.4 Å². The lowest BCUT2D eigenvalue weighted by molar-refractivity contribution is 0.102. The summed E-state index contributed by atoms with van der Waals surface area (Å²) in [6.45, 7) is 5.09. The Kier molecular flexibility index (Phi) is 7.04. The number of para-hydroxylation sites is 1. The normalized spacial score (nSPS) is 10.7. The molecular formula is C21H22N2O2S2. The summed E-state index contributed by atoms with van der Waals surface area (Å²) in [5, 5.41) is 6.15. The second-order valence-corrected chi connectivity index (χ2v) is 8.03. The Morgan fingerprint density at radius 1 is 1.19 bits per heavy atom. The zero-order valence-corrected chi connectivity index (χ0v) is 17.0. The van der Waals surface area contributed by atoms with Gasteiger partial charge in [-0.1, -0.05) is 18.2 Å². The van der Waals surface area contributed by atoms with Crippen LogP contribution in [-0.2, 0) is 17.1 Å². The minimum atomic E-state index is -0.120. The van der Waals surface area contributed by atoms with Crippen molar-refractivity contribution in [1.29, 1.82) is 0 Å². The van der Waals surface area contributed by atoms with Crippen molar-refractivity contribution < 1.29 is 9.53 Å². The summed E-state index contributed by atoms with van der Waals surface area (Å²) < 4.78 is 5.47. The summed E-state index contributed by atoms with van der Waals surface area (Å²) in [7, 11) is 0. The van der Waals surface area contributed by atoms with Gasteiger partial charge in [-0.3, -0.25) is 4.79 Å². The van der Waals surface area contributed by atoms with Crippen molar-refractivity contribution in [2.75, 3.05) is 11.9 Å². The number of thioether (sulfide) groups is 1. The van der Waals surface area contributed by atoms with Crippen LogP contribution >= 0.6 is 23.1 Å². The minimum Gasteiger partial charge on any atom is -0.377 e. The number of ether oxygens (including phenoxy) is 1. The van der Waals surface area contributed by atoms with Gasteiger partial charge < -0.3 is 10.1 Å². The number of anilines is 1. The molecule has 1 heterocycles. The first-order valence-corrected chi connectivity index (χ1v) is 10.6. The van der Waals surface area contributed by atoms with Gasteiger partial charge in [0.25, 0.3) is 5.91 Å². The zero-order chi connectivity index (χ0) is 19.1. The number of hydrogen-bond acceptors (Lipinski definition) is 5. The van der Waals surface area contributed by atoms with E-state index in [0.717, 1.165) is 32.6 Å². The summed E-state index contributed by atoms with van der Waals surface area (Å²) in [5.74, 6) is 0.714. The maximum atomic E-state index is 12.6. The van der Waals surface area contributed by atoms with Crippen molar-refractivity contribution in [2.24, 2.45) is 0 Å². The molecule has 27 heavy (non-hydrogen) atoms. The van der Waals surface area contributed by atoms with Gasteiger partial charge in [0.2, 0.25) is 0 Å². The van der Waals surface area contributed by atoms with Crippen LogP contribution in [0.4, 0.5) is 5.69 Å². The van der Waals surface area contributed by atoms with Crippen molar-refractivity contribution in [1.82, 2.24) is 4.98 Å². The molecular weight excluding hydrogens is 376 g/mol. The highest BCUT2D eigenvalue weighted by atomic mass is 32.2. The van der Waals surface area contributed by atoms with Gasteiger partial charge in [-0.2, -0.15) is 0 Å². The monoisotopic (exact) mass is 398 g/mol. The average Bonchev–Trinajstić information content (AvgIpc) is 3.11. The van der Waals surface area contributed by atoms with Crippen molar-refractivity contribution in [2.45, 2.75) is 31.1 Å². The molecule has 4 nitrogen and oxygen atoms in total. The summed E-state index contributed by atoms with van der Waals surface area (Å²) >= 11 is 3.39. The lowest BCUT2D eigenvalue weighted by Crippen LogP contribution is -2.13. The smallest absolute Gasteiger partial charge is 0.255 e. The van der Waals surface area contributed by atoms with Gasteiger partial charge in [0.1, 0.15) is 0 Å². The number of aryl methyl sites for hydroxylation is 1. The molecule has 140 valence electrons. The number of carbonyl (C=O) groups is 1. The van der Waals surface area contributed by atoms with Crippen LogP contribution in [-0.4, -0.2) is 17.5 Å². The second kappa shape index (κ2) is 9.69. The van der Waals surface area contributed by atoms with Crippen LogP contribution < -0.4 is 5.32 Å². The van der Waals surface area contributed by atoms with Crippen molar-refractivity contribution in [3.8, 4) is 0 Å². The molecule has 0 atom stereocenters. The molecule has 0 fully saturated rings. The molecule has 0 saturated carbocycles. The summed E-state index contributed by atoms with van der Waals surface area (Å²) in [4.78, 5) is 18.2. The molecule has 0 spiro atoms. The number of nitrogens with one attached hydrogen (secondary N) is 1. The predicted octanol–water partition coefficient (Wildman–Crippen LogP) is 5.53. The van der Waals surface area contributed by atoms with Crippen molar-refractivity contribution in [3.05, 3.63) is 75.7 Å². The van der Waals surface area contributed by atoms with E-state index in [0.29, 0.717) is 18.8 Å². The summed E-state index contributed by atoms with van der Waals surface area (Å²) in [6.07, 6.45) is 0. The first-order chi connectivity index (χ1) is 13.2. The van der Waals surface area contributed by atoms with Gasteiger partial charge in [0, 0.05) is 39.4 Å². The van der Waals surface area contributed by atoms with E-state index >= 15 is 0 Å². The average molecular weight is 399 g/mol. The second-order valence-electron chi connectivity index (χ2n) is 5.92. The van der Waals surface area contributed by atoms with Gasteiger partial charge in [-0.05, 0) is 44.2 Å². The first kappa shape index (κ1) is 19.6. The van der Waals surface area contributed by atoms with Crippen molar-refractivity contribution in [3.63, 3.8) is 0 Å². The Morgan fingerprint density at radius 2 is 1.96 bits per heavy atom. The third-order valence-electron chi connectivity index (χ3n) is 3.90. The topological polar surface area (TPSA) is 51.2 Å². The maximum Gasteiger partial charge on any atom is 0.255 e. The van der Waals surface area contributed by atoms with Gasteiger partial charge in [0.05, 0.1) is 17.3 Å². The molecule has 0 aliphatic heterocycles. The molecule has 1 N–H and O–H groups in total. The van der Waals surface area contributed by atoms with E-state index < -0.39 is 0 Å². The molecule has 0 aliphatic rings. The molecule has 0 saturated heterocycles. The van der Waals surface area contributed by atoms with Gasteiger partial charge in [-0.15, -0.1) is 23.1 Å². The largest absolute Gasteiger partial charge is 0.377 e. The van der Waals surface area contributed by atoms with Gasteiger partial charge >= 0.3 is 0 Å². The molecule has 2 aromatic carbocycles. The fourth-order valence-corrected chi connectivity index (χ4v) is 4.02. The third-order valence-corrected chi connectivity index (χ3v) is 5.76. The van der Waals surface area contributed by atoms with E-state index in [-0.39, 0.29) is 5.91 Å². The zero-order valence-electron chi connectivity index (χ0n) is 15.4. The molecule has 1 aromatic heterocycles. The van der Waals surface area contributed by atoms with Crippen LogP contribution in [0.1, 0.15) is 33.5 Å². The molecule has 0 bridgehead atoms. The molecule has 0 radical (unpaired) electrons. The number of hydrogen-bond donors (Lipinski definition) is 1. The Labute approximate surface area is 168 Å². The quantitative estimate of drug-likeness (QED) is 0.507. The number of thiazole rings is 1. The first-order valence-electron chi connectivity index (χ1n) is 8.76. The van der Waals surface area contributed by atoms with Crippen LogP contribution in [0, 0.1) is 6.92 Å². The third kappa shape index (κ3) is 5.66. The van der Waals surface area contributed by atoms with Crippen LogP contribution in [0.2, 0.25) is 0 Å². The fourth-order valence-electron chi connectivity index (χ4n) is 2.51. The van der Waals surface area contributed by atoms with Gasteiger partial charge in [0.15, 0.2) is 0 Å². The Hall–Kier alpha value is -2.15. The lowest BCUT2D eigenvalue weighted by Gasteiger charge is -2.11. The van der Waals surface area contributed by atoms with Crippen LogP contribution in [0.3, 0.4) is 0 Å². The number of carbonyl (C=O) groups excluding carboxylic acids is 1. The predicted molar refractivity (Wildman–Crippen MR) is 113 cm³/mol. The molecule has 3 rings (SSSR count). The highest BCUT2D eigenvalue weighted by Crippen LogP contribution is 2.24. The number of rotatable bonds is 8. The Balaban J connectivity index is 1.60. The van der Waals surface area contributed by atoms with Crippen LogP contribution in [0.5, 0.6) is 0 Å². The van der Waals surface area contributed by atoms with Crippen LogP contribution in [0.15, 0.2) is 58.8 Å². The van der Waals surface area contributed by atoms with Gasteiger partial charge in [-0.25, -0.2) is 4.98 Å².